The molecule has 0 aromatic heterocycles. The van der Waals surface area contributed by atoms with Crippen LogP contribution < -0.4 is 0 Å². The first kappa shape index (κ1) is 11.6. The van der Waals surface area contributed by atoms with Gasteiger partial charge in [-0.05, 0) is 12.8 Å². The van der Waals surface area contributed by atoms with E-state index in [0.29, 0.717) is 0 Å². The first-order valence-electron chi connectivity index (χ1n) is 3.61. The molecule has 0 aliphatic heterocycles. The van der Waals surface area contributed by atoms with Crippen molar-refractivity contribution in [2.45, 2.75) is 32.4 Å². The topological polar surface area (TPSA) is 0 Å². The molecule has 12 heavy (non-hydrogen) atoms. The molecule has 0 saturated heterocycles. The zero-order valence-electron chi connectivity index (χ0n) is 6.59. The Bertz CT molecular complexity index is 117. The predicted molar refractivity (Wildman–Crippen MR) is 34.5 cm³/mol. The molecule has 73 valence electrons. The van der Waals surface area contributed by atoms with Gasteiger partial charge in [0.05, 0.1) is 5.92 Å². The minimum absolute atomic E-state index is 0.142. The Morgan fingerprint density at radius 1 is 1.25 bits per heavy atom. The van der Waals surface area contributed by atoms with Crippen molar-refractivity contribution in [3.8, 4) is 0 Å². The Morgan fingerprint density at radius 2 is 1.75 bits per heavy atom. The average molecular weight is 189 g/mol. The Labute approximate surface area is 67.8 Å². The number of rotatable bonds is 4. The monoisotopic (exact) mass is 189 g/mol. The van der Waals surface area contributed by atoms with E-state index in [-0.39, 0.29) is 6.42 Å². The molecule has 0 saturated carbocycles. The number of halogens is 5. The first-order valence-corrected chi connectivity index (χ1v) is 3.61. The third-order valence-corrected chi connectivity index (χ3v) is 1.64. The lowest BCUT2D eigenvalue weighted by Gasteiger charge is -2.17. The lowest BCUT2D eigenvalue weighted by Crippen LogP contribution is -2.22. The molecular weight excluding hydrogens is 179 g/mol. The standard InChI is InChI=1S/C7H10F5/c1-2-5(7(10,11)12)3-4-6(8)9/h5H,2-4H2,1H3. The minimum atomic E-state index is -4.34. The largest absolute Gasteiger partial charge is 0.391 e. The molecule has 0 bridgehead atoms. The summed E-state index contributed by atoms with van der Waals surface area (Å²) in [5.74, 6) is -1.60. The number of alkyl halides is 3. The lowest BCUT2D eigenvalue weighted by atomic mass is 10.0. The highest BCUT2D eigenvalue weighted by Gasteiger charge is 2.38. The van der Waals surface area contributed by atoms with Gasteiger partial charge in [-0.3, -0.25) is 0 Å². The fourth-order valence-corrected chi connectivity index (χ4v) is 0.883. The molecule has 0 heterocycles. The summed E-state index contributed by atoms with van der Waals surface area (Å²) < 4.78 is 58.7. The smallest absolute Gasteiger partial charge is 0.200 e. The molecular formula is C7H10F5. The third-order valence-electron chi connectivity index (χ3n) is 1.64. The third kappa shape index (κ3) is 4.51. The van der Waals surface area contributed by atoms with Crippen molar-refractivity contribution in [3.63, 3.8) is 0 Å². The van der Waals surface area contributed by atoms with Gasteiger partial charge in [-0.2, -0.15) is 22.0 Å². The summed E-state index contributed by atoms with van der Waals surface area (Å²) in [6.45, 7) is 1.34. The van der Waals surface area contributed by atoms with E-state index in [1.54, 1.807) is 0 Å². The van der Waals surface area contributed by atoms with Crippen LogP contribution in [0.5, 0.6) is 0 Å². The summed E-state index contributed by atoms with van der Waals surface area (Å²) in [6, 6.07) is 0. The van der Waals surface area contributed by atoms with Crippen molar-refractivity contribution >= 4 is 0 Å². The zero-order chi connectivity index (χ0) is 9.78. The van der Waals surface area contributed by atoms with Crippen LogP contribution in [0, 0.1) is 12.3 Å². The van der Waals surface area contributed by atoms with Gasteiger partial charge in [0.15, 0.2) is 0 Å². The van der Waals surface area contributed by atoms with Gasteiger partial charge in [-0.15, -0.1) is 0 Å². The molecule has 0 spiro atoms. The van der Waals surface area contributed by atoms with Gasteiger partial charge in [-0.1, -0.05) is 6.92 Å². The highest BCUT2D eigenvalue weighted by molar-refractivity contribution is 4.70. The van der Waals surface area contributed by atoms with Crippen LogP contribution in [0.25, 0.3) is 0 Å². The van der Waals surface area contributed by atoms with Crippen LogP contribution in [0.1, 0.15) is 26.2 Å². The maximum absolute atomic E-state index is 11.9. The van der Waals surface area contributed by atoms with Crippen LogP contribution >= 0.6 is 0 Å². The van der Waals surface area contributed by atoms with Crippen molar-refractivity contribution in [1.82, 2.24) is 0 Å². The van der Waals surface area contributed by atoms with Crippen molar-refractivity contribution in [1.29, 1.82) is 0 Å². The SMILES string of the molecule is CCC(CC[C](F)F)C(F)(F)F. The van der Waals surface area contributed by atoms with Gasteiger partial charge in [0, 0.05) is 6.42 Å². The number of hydrogen-bond acceptors (Lipinski definition) is 0. The van der Waals surface area contributed by atoms with E-state index in [1.807, 2.05) is 0 Å². The summed E-state index contributed by atoms with van der Waals surface area (Å²) in [6.07, 6.45) is -7.68. The summed E-state index contributed by atoms with van der Waals surface area (Å²) in [5, 5.41) is 0. The average Bonchev–Trinajstić information content (AvgIpc) is 1.85. The minimum Gasteiger partial charge on any atom is -0.200 e. The van der Waals surface area contributed by atoms with Gasteiger partial charge in [-0.25, -0.2) is 0 Å². The molecule has 1 radical (unpaired) electrons. The van der Waals surface area contributed by atoms with Crippen LogP contribution in [0.2, 0.25) is 0 Å². The predicted octanol–water partition coefficient (Wildman–Crippen LogP) is 3.78. The molecule has 5 heteroatoms. The summed E-state index contributed by atoms with van der Waals surface area (Å²) in [7, 11) is 0. The molecule has 1 unspecified atom stereocenters. The van der Waals surface area contributed by atoms with Crippen LogP contribution in [-0.4, -0.2) is 6.18 Å². The van der Waals surface area contributed by atoms with Crippen molar-refractivity contribution in [3.05, 3.63) is 6.43 Å². The maximum atomic E-state index is 11.9. The first-order chi connectivity index (χ1) is 5.38. The number of hydrogen-bond donors (Lipinski definition) is 0. The van der Waals surface area contributed by atoms with Gasteiger partial charge in [0.1, 0.15) is 0 Å². The van der Waals surface area contributed by atoms with Gasteiger partial charge in [0.2, 0.25) is 0 Å². The van der Waals surface area contributed by atoms with Crippen LogP contribution in [0.4, 0.5) is 22.0 Å². The summed E-state index contributed by atoms with van der Waals surface area (Å²) in [5.41, 5.74) is 0. The van der Waals surface area contributed by atoms with E-state index in [9.17, 15) is 22.0 Å². The van der Waals surface area contributed by atoms with E-state index < -0.39 is 31.4 Å². The fourth-order valence-electron chi connectivity index (χ4n) is 0.883. The van der Waals surface area contributed by atoms with Gasteiger partial charge in [0.25, 0.3) is 0 Å². The van der Waals surface area contributed by atoms with E-state index in [0.717, 1.165) is 0 Å². The highest BCUT2D eigenvalue weighted by atomic mass is 19.4. The molecule has 0 fully saturated rings. The molecule has 1 atom stereocenters. The Balaban J connectivity index is 3.84. The normalized spacial score (nSPS) is 15.2. The van der Waals surface area contributed by atoms with Crippen LogP contribution in [-0.2, 0) is 0 Å². The van der Waals surface area contributed by atoms with Crippen molar-refractivity contribution in [2.75, 3.05) is 0 Å². The van der Waals surface area contributed by atoms with Gasteiger partial charge >= 0.3 is 12.6 Å². The molecule has 0 aromatic rings. The van der Waals surface area contributed by atoms with E-state index in [1.165, 1.54) is 6.92 Å². The summed E-state index contributed by atoms with van der Waals surface area (Å²) in [4.78, 5) is 0. The Hall–Kier alpha value is -0.350. The second-order valence-corrected chi connectivity index (χ2v) is 2.52. The molecule has 0 aromatic carbocycles. The molecule has 0 aliphatic carbocycles. The molecule has 0 rings (SSSR count). The maximum Gasteiger partial charge on any atom is 0.391 e. The fraction of sp³-hybridized carbons (Fsp3) is 0.857. The van der Waals surface area contributed by atoms with Crippen LogP contribution in [0.15, 0.2) is 0 Å². The van der Waals surface area contributed by atoms with Crippen LogP contribution in [0.3, 0.4) is 0 Å². The highest BCUT2D eigenvalue weighted by Crippen LogP contribution is 2.33. The second kappa shape index (κ2) is 4.62. The van der Waals surface area contributed by atoms with E-state index >= 15 is 0 Å². The van der Waals surface area contributed by atoms with Crippen molar-refractivity contribution in [2.24, 2.45) is 5.92 Å². The quantitative estimate of drug-likeness (QED) is 0.590. The van der Waals surface area contributed by atoms with E-state index in [2.05, 4.69) is 0 Å². The lowest BCUT2D eigenvalue weighted by molar-refractivity contribution is -0.177. The van der Waals surface area contributed by atoms with E-state index in [4.69, 9.17) is 0 Å². The molecule has 0 amide bonds. The molecule has 0 nitrogen and oxygen atoms in total. The zero-order valence-corrected chi connectivity index (χ0v) is 6.59. The Kier molecular flexibility index (Phi) is 4.49. The summed E-state index contributed by atoms with van der Waals surface area (Å²) >= 11 is 0. The van der Waals surface area contributed by atoms with Gasteiger partial charge < -0.3 is 0 Å². The Morgan fingerprint density at radius 3 is 2.00 bits per heavy atom. The molecule has 0 N–H and O–H groups in total. The second-order valence-electron chi connectivity index (χ2n) is 2.52. The van der Waals surface area contributed by atoms with Crippen molar-refractivity contribution < 1.29 is 22.0 Å². The molecule has 0 aliphatic rings.